The third-order valence-corrected chi connectivity index (χ3v) is 2.01. The van der Waals surface area contributed by atoms with E-state index >= 15 is 0 Å². The molecule has 0 aromatic carbocycles. The number of carbonyl (C=O) groups is 1. The summed E-state index contributed by atoms with van der Waals surface area (Å²) in [4.78, 5) is 23.7. The third kappa shape index (κ3) is 3.48. The molecule has 18 heavy (non-hydrogen) atoms. The van der Waals surface area contributed by atoms with Crippen LogP contribution in [-0.2, 0) is 17.8 Å². The first-order valence-corrected chi connectivity index (χ1v) is 4.65. The van der Waals surface area contributed by atoms with E-state index in [1.54, 1.807) is 0 Å². The van der Waals surface area contributed by atoms with Crippen molar-refractivity contribution < 1.29 is 27.8 Å². The number of aromatic nitrogens is 1. The van der Waals surface area contributed by atoms with Gasteiger partial charge >= 0.3 is 12.3 Å². The summed E-state index contributed by atoms with van der Waals surface area (Å²) >= 11 is 0. The third-order valence-electron chi connectivity index (χ3n) is 2.01. The van der Waals surface area contributed by atoms with Crippen molar-refractivity contribution in [3.05, 3.63) is 27.7 Å². The van der Waals surface area contributed by atoms with E-state index < -0.39 is 36.6 Å². The first kappa shape index (κ1) is 14.0. The number of carboxylic acids is 1. The Hall–Kier alpha value is -2.03. The van der Waals surface area contributed by atoms with E-state index in [-0.39, 0.29) is 11.1 Å². The van der Waals surface area contributed by atoms with E-state index in [1.165, 1.54) is 0 Å². The van der Waals surface area contributed by atoms with Gasteiger partial charge in [0.25, 0.3) is 5.56 Å². The highest BCUT2D eigenvalue weighted by Gasteiger charge is 2.34. The lowest BCUT2D eigenvalue weighted by Crippen LogP contribution is -2.26. The highest BCUT2D eigenvalue weighted by Crippen LogP contribution is 2.24. The Labute approximate surface area is 98.2 Å². The number of hydrogen-bond donors (Lipinski definition) is 3. The van der Waals surface area contributed by atoms with Gasteiger partial charge in [0.15, 0.2) is 5.75 Å². The number of rotatable bonds is 4. The molecule has 0 radical (unpaired) electrons. The number of carboxylic acid groups (broad SMARTS) is 1. The standard InChI is InChI=1S/C9H9F3N2O4/c10-9(11,12)18-7-5(2-13)4(1-6(15)16)3-14-8(7)17/h3H,1-2,13H2,(H,14,17)(H,15,16). The average molecular weight is 266 g/mol. The first-order chi connectivity index (χ1) is 8.24. The van der Waals surface area contributed by atoms with Gasteiger partial charge in [-0.05, 0) is 5.56 Å². The van der Waals surface area contributed by atoms with Gasteiger partial charge in [-0.3, -0.25) is 9.59 Å². The molecule has 100 valence electrons. The molecule has 0 amide bonds. The van der Waals surface area contributed by atoms with Crippen molar-refractivity contribution in [3.63, 3.8) is 0 Å². The Balaban J connectivity index is 3.30. The van der Waals surface area contributed by atoms with Crippen LogP contribution < -0.4 is 16.0 Å². The number of pyridine rings is 1. The molecule has 0 bridgehead atoms. The monoisotopic (exact) mass is 266 g/mol. The van der Waals surface area contributed by atoms with Gasteiger partial charge in [-0.1, -0.05) is 0 Å². The van der Waals surface area contributed by atoms with Crippen molar-refractivity contribution in [1.29, 1.82) is 0 Å². The molecular formula is C9H9F3N2O4. The molecule has 1 aromatic heterocycles. The minimum Gasteiger partial charge on any atom is -0.481 e. The van der Waals surface area contributed by atoms with E-state index in [9.17, 15) is 22.8 Å². The number of aromatic amines is 1. The zero-order valence-electron chi connectivity index (χ0n) is 8.87. The van der Waals surface area contributed by atoms with Gasteiger partial charge in [0, 0.05) is 18.3 Å². The largest absolute Gasteiger partial charge is 0.573 e. The van der Waals surface area contributed by atoms with Crippen molar-refractivity contribution in [1.82, 2.24) is 4.98 Å². The zero-order valence-corrected chi connectivity index (χ0v) is 8.87. The molecule has 1 aromatic rings. The zero-order chi connectivity index (χ0) is 13.9. The topological polar surface area (TPSA) is 105 Å². The van der Waals surface area contributed by atoms with Crippen LogP contribution in [0.5, 0.6) is 5.75 Å². The number of H-pyrrole nitrogens is 1. The van der Waals surface area contributed by atoms with Gasteiger partial charge in [0.05, 0.1) is 6.42 Å². The second-order valence-electron chi connectivity index (χ2n) is 3.27. The van der Waals surface area contributed by atoms with Crippen molar-refractivity contribution in [2.24, 2.45) is 5.73 Å². The van der Waals surface area contributed by atoms with Gasteiger partial charge in [-0.15, -0.1) is 13.2 Å². The molecule has 0 aliphatic heterocycles. The second kappa shape index (κ2) is 5.08. The van der Waals surface area contributed by atoms with Gasteiger partial charge < -0.3 is 20.6 Å². The predicted octanol–water partition coefficient (Wildman–Crippen LogP) is 0.359. The minimum absolute atomic E-state index is 0.0381. The van der Waals surface area contributed by atoms with Crippen molar-refractivity contribution >= 4 is 5.97 Å². The van der Waals surface area contributed by atoms with Crippen LogP contribution in [0.3, 0.4) is 0 Å². The van der Waals surface area contributed by atoms with Crippen LogP contribution in [0.15, 0.2) is 11.0 Å². The van der Waals surface area contributed by atoms with Gasteiger partial charge in [0.1, 0.15) is 0 Å². The summed E-state index contributed by atoms with van der Waals surface area (Å²) in [5.74, 6) is -2.29. The SMILES string of the molecule is NCc1c(CC(=O)O)c[nH]c(=O)c1OC(F)(F)F. The molecule has 0 saturated heterocycles. The number of halogens is 3. The Bertz CT molecular complexity index is 510. The fourth-order valence-electron chi connectivity index (χ4n) is 1.36. The summed E-state index contributed by atoms with van der Waals surface area (Å²) < 4.78 is 39.9. The molecule has 0 unspecified atom stereocenters. The minimum atomic E-state index is -5.06. The highest BCUT2D eigenvalue weighted by molar-refractivity contribution is 5.71. The summed E-state index contributed by atoms with van der Waals surface area (Å²) in [6, 6.07) is 0. The van der Waals surface area contributed by atoms with Gasteiger partial charge in [-0.25, -0.2) is 0 Å². The highest BCUT2D eigenvalue weighted by atomic mass is 19.4. The normalized spacial score (nSPS) is 11.3. The molecule has 0 spiro atoms. The molecular weight excluding hydrogens is 257 g/mol. The smallest absolute Gasteiger partial charge is 0.481 e. The van der Waals surface area contributed by atoms with E-state index in [0.717, 1.165) is 6.20 Å². The van der Waals surface area contributed by atoms with E-state index in [4.69, 9.17) is 10.8 Å². The molecule has 4 N–H and O–H groups in total. The van der Waals surface area contributed by atoms with Crippen LogP contribution in [0, 0.1) is 0 Å². The van der Waals surface area contributed by atoms with Crippen LogP contribution in [-0.4, -0.2) is 22.4 Å². The molecule has 1 heterocycles. The van der Waals surface area contributed by atoms with Gasteiger partial charge in [-0.2, -0.15) is 0 Å². The summed E-state index contributed by atoms with van der Waals surface area (Å²) in [6.45, 7) is -0.446. The fourth-order valence-corrected chi connectivity index (χ4v) is 1.36. The number of hydrogen-bond acceptors (Lipinski definition) is 4. The predicted molar refractivity (Wildman–Crippen MR) is 53.0 cm³/mol. The van der Waals surface area contributed by atoms with Crippen LogP contribution in [0.1, 0.15) is 11.1 Å². The number of nitrogens with two attached hydrogens (primary N) is 1. The summed E-state index contributed by atoms with van der Waals surface area (Å²) in [6.07, 6.45) is -4.63. The number of nitrogens with one attached hydrogen (secondary N) is 1. The second-order valence-corrected chi connectivity index (χ2v) is 3.27. The maximum atomic E-state index is 12.1. The van der Waals surface area contributed by atoms with Crippen LogP contribution >= 0.6 is 0 Å². The van der Waals surface area contributed by atoms with Crippen molar-refractivity contribution in [3.8, 4) is 5.75 Å². The number of aliphatic carboxylic acids is 1. The lowest BCUT2D eigenvalue weighted by Gasteiger charge is -2.13. The number of ether oxygens (including phenoxy) is 1. The molecule has 0 aliphatic carbocycles. The molecule has 9 heteroatoms. The van der Waals surface area contributed by atoms with Crippen molar-refractivity contribution in [2.75, 3.05) is 0 Å². The number of alkyl halides is 3. The van der Waals surface area contributed by atoms with E-state index in [2.05, 4.69) is 4.74 Å². The lowest BCUT2D eigenvalue weighted by atomic mass is 10.1. The molecule has 1 rings (SSSR count). The quantitative estimate of drug-likeness (QED) is 0.729. The molecule has 0 saturated carbocycles. The average Bonchev–Trinajstić information content (AvgIpc) is 2.20. The molecule has 6 nitrogen and oxygen atoms in total. The molecule has 0 aliphatic rings. The fraction of sp³-hybridized carbons (Fsp3) is 0.333. The van der Waals surface area contributed by atoms with Crippen LogP contribution in [0.4, 0.5) is 13.2 Å². The first-order valence-electron chi connectivity index (χ1n) is 4.65. The Morgan fingerprint density at radius 3 is 2.56 bits per heavy atom. The molecule has 0 fully saturated rings. The molecule has 0 atom stereocenters. The maximum absolute atomic E-state index is 12.1. The van der Waals surface area contributed by atoms with E-state index in [0.29, 0.717) is 0 Å². The van der Waals surface area contributed by atoms with Crippen LogP contribution in [0.25, 0.3) is 0 Å². The summed E-state index contributed by atoms with van der Waals surface area (Å²) in [5.41, 5.74) is 3.78. The lowest BCUT2D eigenvalue weighted by molar-refractivity contribution is -0.275. The Morgan fingerprint density at radius 1 is 1.50 bits per heavy atom. The maximum Gasteiger partial charge on any atom is 0.573 e. The van der Waals surface area contributed by atoms with Crippen molar-refractivity contribution in [2.45, 2.75) is 19.3 Å². The summed E-state index contributed by atoms with van der Waals surface area (Å²) in [7, 11) is 0. The van der Waals surface area contributed by atoms with Gasteiger partial charge in [0.2, 0.25) is 0 Å². The van der Waals surface area contributed by atoms with Crippen LogP contribution in [0.2, 0.25) is 0 Å². The summed E-state index contributed by atoms with van der Waals surface area (Å²) in [5, 5.41) is 8.58. The van der Waals surface area contributed by atoms with E-state index in [1.807, 2.05) is 4.98 Å². The Kier molecular flexibility index (Phi) is 3.96. The Morgan fingerprint density at radius 2 is 2.11 bits per heavy atom.